The number of rotatable bonds is 2. The average Bonchev–Trinajstić information content (AvgIpc) is 2.28. The summed E-state index contributed by atoms with van der Waals surface area (Å²) in [6, 6.07) is 1.68. The molecule has 0 aromatic carbocycles. The molecule has 0 aliphatic heterocycles. The molecule has 0 bridgehead atoms. The molecule has 0 radical (unpaired) electrons. The molecule has 0 N–H and O–H groups in total. The van der Waals surface area contributed by atoms with Gasteiger partial charge in [-0.25, -0.2) is 0 Å². The van der Waals surface area contributed by atoms with E-state index >= 15 is 0 Å². The number of halogens is 6. The van der Waals surface area contributed by atoms with Crippen LogP contribution in [-0.4, -0.2) is 6.18 Å². The van der Waals surface area contributed by atoms with Gasteiger partial charge in [0.1, 0.15) is 0 Å². The maximum absolute atomic E-state index is 12.1. The van der Waals surface area contributed by atoms with Crippen LogP contribution in [0.5, 0.6) is 0 Å². The molecule has 1 heterocycles. The summed E-state index contributed by atoms with van der Waals surface area (Å²) in [5, 5.41) is 0. The molecular formula is C7H4Br3F3S. The predicted octanol–water partition coefficient (Wildman–Crippen LogP) is 5.66. The third-order valence-electron chi connectivity index (χ3n) is 1.38. The highest BCUT2D eigenvalue weighted by atomic mass is 79.9. The first-order chi connectivity index (χ1) is 6.29. The molecule has 0 fully saturated rings. The fraction of sp³-hybridized carbons (Fsp3) is 0.429. The molecule has 0 aliphatic rings. The Morgan fingerprint density at radius 1 is 1.36 bits per heavy atom. The molecule has 14 heavy (non-hydrogen) atoms. The average molecular weight is 417 g/mol. The van der Waals surface area contributed by atoms with Crippen molar-refractivity contribution in [3.05, 3.63) is 19.2 Å². The van der Waals surface area contributed by atoms with Crippen molar-refractivity contribution in [3.8, 4) is 0 Å². The summed E-state index contributed by atoms with van der Waals surface area (Å²) in [5.41, 5.74) is 0. The van der Waals surface area contributed by atoms with Gasteiger partial charge in [0, 0.05) is 9.35 Å². The molecule has 0 aliphatic carbocycles. The van der Waals surface area contributed by atoms with Crippen LogP contribution in [0.3, 0.4) is 0 Å². The van der Waals surface area contributed by atoms with Gasteiger partial charge in [-0.3, -0.25) is 0 Å². The largest absolute Gasteiger partial charge is 0.390 e. The Morgan fingerprint density at radius 2 is 1.93 bits per heavy atom. The smallest absolute Gasteiger partial charge is 0.171 e. The zero-order valence-electron chi connectivity index (χ0n) is 6.54. The van der Waals surface area contributed by atoms with E-state index in [0.717, 1.165) is 8.26 Å². The number of hydrogen-bond acceptors (Lipinski definition) is 1. The molecule has 1 atom stereocenters. The van der Waals surface area contributed by atoms with Crippen LogP contribution in [0.15, 0.2) is 14.3 Å². The molecule has 0 nitrogen and oxygen atoms in total. The zero-order valence-corrected chi connectivity index (χ0v) is 12.1. The van der Waals surface area contributed by atoms with Crippen LogP contribution < -0.4 is 0 Å². The van der Waals surface area contributed by atoms with Crippen molar-refractivity contribution in [2.24, 2.45) is 0 Å². The van der Waals surface area contributed by atoms with Crippen molar-refractivity contribution in [1.29, 1.82) is 0 Å². The first-order valence-electron chi connectivity index (χ1n) is 3.45. The second-order valence-corrected chi connectivity index (χ2v) is 6.92. The van der Waals surface area contributed by atoms with Crippen molar-refractivity contribution < 1.29 is 13.2 Å². The minimum atomic E-state index is -4.14. The fourth-order valence-corrected chi connectivity index (χ4v) is 3.67. The standard InChI is InChI=1S/C7H4Br3F3S/c8-3-1-5(14-6(3)10)4(9)2-7(11,12)13/h1,4H,2H2. The van der Waals surface area contributed by atoms with Crippen LogP contribution in [0.2, 0.25) is 0 Å². The van der Waals surface area contributed by atoms with Gasteiger partial charge in [0.15, 0.2) is 0 Å². The topological polar surface area (TPSA) is 0 Å². The maximum Gasteiger partial charge on any atom is 0.390 e. The highest BCUT2D eigenvalue weighted by Crippen LogP contribution is 2.42. The Bertz CT molecular complexity index is 301. The molecule has 1 unspecified atom stereocenters. The van der Waals surface area contributed by atoms with Crippen LogP contribution >= 0.6 is 59.1 Å². The molecular weight excluding hydrogens is 413 g/mol. The summed E-state index contributed by atoms with van der Waals surface area (Å²) in [7, 11) is 0. The lowest BCUT2D eigenvalue weighted by Gasteiger charge is -2.10. The van der Waals surface area contributed by atoms with Crippen LogP contribution in [0.25, 0.3) is 0 Å². The molecule has 7 heteroatoms. The van der Waals surface area contributed by atoms with Crippen molar-refractivity contribution >= 4 is 59.1 Å². The van der Waals surface area contributed by atoms with Gasteiger partial charge in [-0.15, -0.1) is 11.3 Å². The van der Waals surface area contributed by atoms with E-state index in [1.807, 2.05) is 0 Å². The van der Waals surface area contributed by atoms with E-state index in [1.54, 1.807) is 6.07 Å². The lowest BCUT2D eigenvalue weighted by Crippen LogP contribution is -2.09. The van der Waals surface area contributed by atoms with Crippen LogP contribution in [0.4, 0.5) is 13.2 Å². The van der Waals surface area contributed by atoms with E-state index < -0.39 is 17.4 Å². The van der Waals surface area contributed by atoms with E-state index in [0.29, 0.717) is 4.88 Å². The lowest BCUT2D eigenvalue weighted by molar-refractivity contribution is -0.134. The predicted molar refractivity (Wildman–Crippen MR) is 62.1 cm³/mol. The van der Waals surface area contributed by atoms with Gasteiger partial charge in [0.05, 0.1) is 15.0 Å². The minimum absolute atomic E-state index is 0.654. The molecule has 0 spiro atoms. The van der Waals surface area contributed by atoms with Crippen molar-refractivity contribution in [2.45, 2.75) is 17.4 Å². The van der Waals surface area contributed by atoms with Crippen LogP contribution in [0.1, 0.15) is 16.1 Å². The van der Waals surface area contributed by atoms with Crippen LogP contribution in [-0.2, 0) is 0 Å². The van der Waals surface area contributed by atoms with Gasteiger partial charge in [-0.05, 0) is 37.9 Å². The second-order valence-electron chi connectivity index (χ2n) is 2.56. The molecule has 1 aromatic rings. The Kier molecular flexibility index (Phi) is 4.50. The number of alkyl halides is 4. The van der Waals surface area contributed by atoms with Crippen molar-refractivity contribution in [1.82, 2.24) is 0 Å². The first kappa shape index (κ1) is 13.0. The minimum Gasteiger partial charge on any atom is -0.171 e. The van der Waals surface area contributed by atoms with Gasteiger partial charge in [-0.1, -0.05) is 15.9 Å². The van der Waals surface area contributed by atoms with Crippen molar-refractivity contribution in [3.63, 3.8) is 0 Å². The molecule has 0 saturated carbocycles. The van der Waals surface area contributed by atoms with Crippen LogP contribution in [0, 0.1) is 0 Å². The van der Waals surface area contributed by atoms with Gasteiger partial charge >= 0.3 is 6.18 Å². The summed E-state index contributed by atoms with van der Waals surface area (Å²) in [6.45, 7) is 0. The maximum atomic E-state index is 12.1. The van der Waals surface area contributed by atoms with Crippen molar-refractivity contribution in [2.75, 3.05) is 0 Å². The first-order valence-corrected chi connectivity index (χ1v) is 6.77. The number of thiophene rings is 1. The van der Waals surface area contributed by atoms with Gasteiger partial charge in [0.25, 0.3) is 0 Å². The lowest BCUT2D eigenvalue weighted by atomic mass is 10.2. The quantitative estimate of drug-likeness (QED) is 0.545. The third kappa shape index (κ3) is 3.83. The third-order valence-corrected chi connectivity index (χ3v) is 5.87. The summed E-state index contributed by atoms with van der Waals surface area (Å²) >= 11 is 10.8. The summed E-state index contributed by atoms with van der Waals surface area (Å²) in [5.74, 6) is 0. The van der Waals surface area contributed by atoms with E-state index in [9.17, 15) is 13.2 Å². The Labute approximate surface area is 108 Å². The monoisotopic (exact) mass is 414 g/mol. The van der Waals surface area contributed by atoms with Gasteiger partial charge in [-0.2, -0.15) is 13.2 Å². The van der Waals surface area contributed by atoms with E-state index in [2.05, 4.69) is 47.8 Å². The molecule has 0 saturated heterocycles. The Hall–Kier alpha value is 0.930. The highest BCUT2D eigenvalue weighted by Gasteiger charge is 2.32. The SMILES string of the molecule is FC(F)(F)CC(Br)c1cc(Br)c(Br)s1. The van der Waals surface area contributed by atoms with E-state index in [-0.39, 0.29) is 0 Å². The summed E-state index contributed by atoms with van der Waals surface area (Å²) in [6.07, 6.45) is -5.00. The molecule has 1 rings (SSSR count). The zero-order chi connectivity index (χ0) is 10.9. The normalized spacial score (nSPS) is 14.4. The van der Waals surface area contributed by atoms with E-state index in [1.165, 1.54) is 11.3 Å². The molecule has 1 aromatic heterocycles. The van der Waals surface area contributed by atoms with Gasteiger partial charge < -0.3 is 0 Å². The second kappa shape index (κ2) is 4.84. The molecule has 0 amide bonds. The fourth-order valence-electron chi connectivity index (χ4n) is 0.821. The molecule has 80 valence electrons. The van der Waals surface area contributed by atoms with Gasteiger partial charge in [0.2, 0.25) is 0 Å². The Morgan fingerprint density at radius 3 is 2.29 bits per heavy atom. The van der Waals surface area contributed by atoms with E-state index in [4.69, 9.17) is 0 Å². The summed E-state index contributed by atoms with van der Waals surface area (Å²) in [4.78, 5) is -0.0174. The summed E-state index contributed by atoms with van der Waals surface area (Å²) < 4.78 is 37.7. The highest BCUT2D eigenvalue weighted by molar-refractivity contribution is 9.13. The number of hydrogen-bond donors (Lipinski definition) is 0. The Balaban J connectivity index is 2.75.